The van der Waals surface area contributed by atoms with Crippen molar-refractivity contribution in [2.45, 2.75) is 0 Å². The van der Waals surface area contributed by atoms with Crippen LogP contribution in [0.4, 0.5) is 0 Å². The number of aromatic nitrogens is 3. The van der Waals surface area contributed by atoms with E-state index in [0.29, 0.717) is 28.0 Å². The van der Waals surface area contributed by atoms with E-state index in [1.165, 1.54) is 0 Å². The second kappa shape index (κ2) is 5.69. The van der Waals surface area contributed by atoms with Crippen LogP contribution in [0.2, 0.25) is 5.15 Å². The van der Waals surface area contributed by atoms with Crippen LogP contribution < -0.4 is 9.47 Å². The normalized spacial score (nSPS) is 11.1. The van der Waals surface area contributed by atoms with Crippen LogP contribution in [-0.2, 0) is 0 Å². The van der Waals surface area contributed by atoms with Crippen LogP contribution in [-0.4, -0.2) is 29.2 Å². The molecule has 0 unspecified atom stereocenters. The van der Waals surface area contributed by atoms with E-state index >= 15 is 0 Å². The zero-order valence-electron chi connectivity index (χ0n) is 13.1. The molecule has 2 heterocycles. The van der Waals surface area contributed by atoms with E-state index in [9.17, 15) is 0 Å². The minimum absolute atomic E-state index is 0.355. The number of benzene rings is 2. The highest BCUT2D eigenvalue weighted by Crippen LogP contribution is 2.37. The maximum Gasteiger partial charge on any atom is 0.187 e. The number of nitrogens with one attached hydrogen (secondary N) is 1. The number of aromatic amines is 1. The van der Waals surface area contributed by atoms with E-state index in [1.54, 1.807) is 14.2 Å². The van der Waals surface area contributed by atoms with Crippen LogP contribution in [0.15, 0.2) is 42.5 Å². The maximum atomic E-state index is 6.42. The smallest absolute Gasteiger partial charge is 0.187 e. The van der Waals surface area contributed by atoms with Crippen LogP contribution in [0.3, 0.4) is 0 Å². The molecule has 1 N–H and O–H groups in total. The third-order valence-electron chi connectivity index (χ3n) is 3.93. The SMILES string of the molecule is COc1ccc2cc(-c3nc4ccccc4[nH]3)c(Cl)nc2c1OC. The summed E-state index contributed by atoms with van der Waals surface area (Å²) in [5.41, 5.74) is 3.24. The summed E-state index contributed by atoms with van der Waals surface area (Å²) >= 11 is 6.42. The molecule has 0 fully saturated rings. The molecule has 0 aliphatic heterocycles. The van der Waals surface area contributed by atoms with Gasteiger partial charge in [-0.2, -0.15) is 0 Å². The van der Waals surface area contributed by atoms with E-state index in [0.717, 1.165) is 22.0 Å². The van der Waals surface area contributed by atoms with E-state index in [-0.39, 0.29) is 0 Å². The highest BCUT2D eigenvalue weighted by Gasteiger charge is 2.16. The van der Waals surface area contributed by atoms with Gasteiger partial charge in [0.05, 0.1) is 30.8 Å². The molecule has 0 aliphatic rings. The summed E-state index contributed by atoms with van der Waals surface area (Å²) in [6.45, 7) is 0. The Hall–Kier alpha value is -2.79. The fraction of sp³-hybridized carbons (Fsp3) is 0.111. The molecule has 4 aromatic rings. The summed E-state index contributed by atoms with van der Waals surface area (Å²) in [5, 5.41) is 1.25. The number of para-hydroxylation sites is 2. The molecule has 24 heavy (non-hydrogen) atoms. The highest BCUT2D eigenvalue weighted by molar-refractivity contribution is 6.32. The molecule has 0 radical (unpaired) electrons. The minimum Gasteiger partial charge on any atom is -0.493 e. The van der Waals surface area contributed by atoms with Gasteiger partial charge in [-0.3, -0.25) is 0 Å². The summed E-state index contributed by atoms with van der Waals surface area (Å²) in [5.74, 6) is 1.86. The Balaban J connectivity index is 1.95. The molecular weight excluding hydrogens is 326 g/mol. The Labute approximate surface area is 143 Å². The lowest BCUT2D eigenvalue weighted by molar-refractivity contribution is 0.358. The fourth-order valence-corrected chi connectivity index (χ4v) is 3.01. The van der Waals surface area contributed by atoms with Gasteiger partial charge in [0.25, 0.3) is 0 Å². The maximum absolute atomic E-state index is 6.42. The van der Waals surface area contributed by atoms with Crippen molar-refractivity contribution in [3.63, 3.8) is 0 Å². The van der Waals surface area contributed by atoms with Crippen molar-refractivity contribution < 1.29 is 9.47 Å². The first kappa shape index (κ1) is 14.8. The second-order valence-electron chi connectivity index (χ2n) is 5.30. The zero-order chi connectivity index (χ0) is 16.7. The summed E-state index contributed by atoms with van der Waals surface area (Å²) < 4.78 is 10.7. The lowest BCUT2D eigenvalue weighted by Crippen LogP contribution is -1.95. The van der Waals surface area contributed by atoms with Crippen molar-refractivity contribution in [2.24, 2.45) is 0 Å². The number of fused-ring (bicyclic) bond motifs is 2. The van der Waals surface area contributed by atoms with Gasteiger partial charge in [0, 0.05) is 5.39 Å². The van der Waals surface area contributed by atoms with Gasteiger partial charge in [-0.1, -0.05) is 23.7 Å². The van der Waals surface area contributed by atoms with Gasteiger partial charge < -0.3 is 14.5 Å². The largest absolute Gasteiger partial charge is 0.493 e. The number of hydrogen-bond donors (Lipinski definition) is 1. The van der Waals surface area contributed by atoms with Gasteiger partial charge in [-0.25, -0.2) is 9.97 Å². The van der Waals surface area contributed by atoms with Crippen LogP contribution in [0.1, 0.15) is 0 Å². The highest BCUT2D eigenvalue weighted by atomic mass is 35.5. The Bertz CT molecular complexity index is 1030. The van der Waals surface area contributed by atoms with Crippen molar-refractivity contribution in [2.75, 3.05) is 14.2 Å². The first-order valence-corrected chi connectivity index (χ1v) is 7.75. The van der Waals surface area contributed by atoms with E-state index in [2.05, 4.69) is 15.0 Å². The predicted octanol–water partition coefficient (Wildman–Crippen LogP) is 4.45. The van der Waals surface area contributed by atoms with Crippen LogP contribution >= 0.6 is 11.6 Å². The lowest BCUT2D eigenvalue weighted by Gasteiger charge is -2.11. The predicted molar refractivity (Wildman–Crippen MR) is 94.9 cm³/mol. The third kappa shape index (κ3) is 2.25. The van der Waals surface area contributed by atoms with Crippen molar-refractivity contribution >= 4 is 33.5 Å². The van der Waals surface area contributed by atoms with Gasteiger partial charge in [0.15, 0.2) is 11.5 Å². The fourth-order valence-electron chi connectivity index (χ4n) is 2.78. The van der Waals surface area contributed by atoms with Crippen molar-refractivity contribution in [1.29, 1.82) is 0 Å². The van der Waals surface area contributed by atoms with Crippen molar-refractivity contribution in [3.8, 4) is 22.9 Å². The molecule has 0 saturated carbocycles. The summed E-state index contributed by atoms with van der Waals surface area (Å²) in [4.78, 5) is 12.4. The average Bonchev–Trinajstić information content (AvgIpc) is 3.03. The molecule has 0 atom stereocenters. The molecule has 6 heteroatoms. The Morgan fingerprint density at radius 1 is 1.00 bits per heavy atom. The minimum atomic E-state index is 0.355. The number of H-pyrrole nitrogens is 1. The van der Waals surface area contributed by atoms with Gasteiger partial charge in [-0.15, -0.1) is 0 Å². The second-order valence-corrected chi connectivity index (χ2v) is 5.66. The summed E-state index contributed by atoms with van der Waals surface area (Å²) in [6.07, 6.45) is 0. The number of imidazole rings is 1. The van der Waals surface area contributed by atoms with Crippen molar-refractivity contribution in [1.82, 2.24) is 15.0 Å². The summed E-state index contributed by atoms with van der Waals surface area (Å²) in [6, 6.07) is 13.6. The van der Waals surface area contributed by atoms with Gasteiger partial charge in [0.1, 0.15) is 16.5 Å². The summed E-state index contributed by atoms with van der Waals surface area (Å²) in [7, 11) is 3.17. The molecule has 0 amide bonds. The lowest BCUT2D eigenvalue weighted by atomic mass is 10.1. The molecule has 0 spiro atoms. The van der Waals surface area contributed by atoms with E-state index in [4.69, 9.17) is 21.1 Å². The number of ether oxygens (including phenoxy) is 2. The number of methoxy groups -OCH3 is 2. The van der Waals surface area contributed by atoms with Crippen LogP contribution in [0.25, 0.3) is 33.3 Å². The Morgan fingerprint density at radius 3 is 2.58 bits per heavy atom. The number of hydrogen-bond acceptors (Lipinski definition) is 4. The van der Waals surface area contributed by atoms with E-state index in [1.807, 2.05) is 42.5 Å². The number of halogens is 1. The first-order chi connectivity index (χ1) is 11.7. The average molecular weight is 340 g/mol. The molecule has 4 rings (SSSR count). The molecule has 0 aliphatic carbocycles. The quantitative estimate of drug-likeness (QED) is 0.560. The number of pyridine rings is 1. The standard InChI is InChI=1S/C18H14ClN3O2/c1-23-14-8-7-10-9-11(17(19)22-15(10)16(14)24-2)18-20-12-5-3-4-6-13(12)21-18/h3-9H,1-2H3,(H,20,21). The van der Waals surface area contributed by atoms with Crippen LogP contribution in [0.5, 0.6) is 11.5 Å². The third-order valence-corrected chi connectivity index (χ3v) is 4.22. The van der Waals surface area contributed by atoms with E-state index < -0.39 is 0 Å². The molecule has 5 nitrogen and oxygen atoms in total. The molecule has 2 aromatic carbocycles. The molecule has 0 saturated heterocycles. The first-order valence-electron chi connectivity index (χ1n) is 7.37. The van der Waals surface area contributed by atoms with Gasteiger partial charge in [-0.05, 0) is 30.3 Å². The number of rotatable bonds is 3. The Morgan fingerprint density at radius 2 is 1.83 bits per heavy atom. The molecule has 0 bridgehead atoms. The van der Waals surface area contributed by atoms with Crippen molar-refractivity contribution in [3.05, 3.63) is 47.6 Å². The number of nitrogens with zero attached hydrogens (tertiary/aromatic N) is 2. The zero-order valence-corrected chi connectivity index (χ0v) is 13.9. The topological polar surface area (TPSA) is 60.0 Å². The molecular formula is C18H14ClN3O2. The monoisotopic (exact) mass is 339 g/mol. The van der Waals surface area contributed by atoms with Gasteiger partial charge in [0.2, 0.25) is 0 Å². The Kier molecular flexibility index (Phi) is 3.50. The molecule has 120 valence electrons. The van der Waals surface area contributed by atoms with Gasteiger partial charge >= 0.3 is 0 Å². The van der Waals surface area contributed by atoms with Crippen LogP contribution in [0, 0.1) is 0 Å². The molecule has 2 aromatic heterocycles.